The van der Waals surface area contributed by atoms with Crippen molar-refractivity contribution in [1.29, 1.82) is 0 Å². The van der Waals surface area contributed by atoms with Gasteiger partial charge in [0.1, 0.15) is 0 Å². The topological polar surface area (TPSA) is 40.5 Å². The van der Waals surface area contributed by atoms with Gasteiger partial charge in [-0.25, -0.2) is 0 Å². The smallest absolute Gasteiger partial charge is 0.223 e. The fraction of sp³-hybridized carbons (Fsp3) is 0.588. The van der Waals surface area contributed by atoms with Gasteiger partial charge in [0.25, 0.3) is 0 Å². The minimum absolute atomic E-state index is 0.262. The maximum atomic E-state index is 12.4. The first-order valence-corrected chi connectivity index (χ1v) is 7.74. The van der Waals surface area contributed by atoms with Crippen molar-refractivity contribution in [3.8, 4) is 0 Å². The normalized spacial score (nSPS) is 22.9. The number of benzene rings is 1. The van der Waals surface area contributed by atoms with Crippen molar-refractivity contribution in [3.05, 3.63) is 35.4 Å². The molecule has 0 saturated carbocycles. The number of likely N-dealkylation sites (tertiary alicyclic amines) is 1. The Balaban J connectivity index is 1.58. The Morgan fingerprint density at radius 2 is 1.95 bits per heavy atom. The number of aliphatic hydroxyl groups is 1. The Labute approximate surface area is 120 Å². The Morgan fingerprint density at radius 3 is 2.70 bits per heavy atom. The summed E-state index contributed by atoms with van der Waals surface area (Å²) in [6, 6.07) is 8.53. The molecule has 0 aromatic heterocycles. The highest BCUT2D eigenvalue weighted by Crippen LogP contribution is 2.35. The lowest BCUT2D eigenvalue weighted by Gasteiger charge is -2.32. The fourth-order valence-electron chi connectivity index (χ4n) is 3.56. The molecule has 1 N–H and O–H groups in total. The highest BCUT2D eigenvalue weighted by molar-refractivity contribution is 5.77. The molecule has 1 amide bonds. The number of hydrogen-bond donors (Lipinski definition) is 1. The summed E-state index contributed by atoms with van der Waals surface area (Å²) in [6.07, 6.45) is 4.77. The van der Waals surface area contributed by atoms with Crippen molar-refractivity contribution >= 4 is 5.91 Å². The molecule has 1 aliphatic heterocycles. The molecule has 1 atom stereocenters. The molecule has 1 aromatic carbocycles. The second kappa shape index (κ2) is 5.96. The van der Waals surface area contributed by atoms with E-state index in [-0.39, 0.29) is 6.61 Å². The minimum atomic E-state index is 0.262. The molecular formula is C17H23NO2. The van der Waals surface area contributed by atoms with E-state index in [1.807, 2.05) is 4.90 Å². The number of amides is 1. The molecule has 1 fully saturated rings. The molecule has 0 spiro atoms. The number of fused-ring (bicyclic) bond motifs is 1. The molecule has 3 heteroatoms. The van der Waals surface area contributed by atoms with Crippen molar-refractivity contribution in [3.63, 3.8) is 0 Å². The zero-order valence-corrected chi connectivity index (χ0v) is 11.9. The van der Waals surface area contributed by atoms with Gasteiger partial charge in [-0.1, -0.05) is 24.3 Å². The van der Waals surface area contributed by atoms with E-state index in [4.69, 9.17) is 5.11 Å². The first-order chi connectivity index (χ1) is 9.78. The lowest BCUT2D eigenvalue weighted by atomic mass is 9.94. The molecule has 1 aromatic rings. The van der Waals surface area contributed by atoms with Crippen molar-refractivity contribution in [2.45, 2.75) is 38.0 Å². The molecule has 1 heterocycles. The van der Waals surface area contributed by atoms with Crippen LogP contribution in [0.2, 0.25) is 0 Å². The van der Waals surface area contributed by atoms with E-state index in [9.17, 15) is 4.79 Å². The maximum Gasteiger partial charge on any atom is 0.223 e. The van der Waals surface area contributed by atoms with Crippen LogP contribution < -0.4 is 0 Å². The van der Waals surface area contributed by atoms with Crippen molar-refractivity contribution in [1.82, 2.24) is 4.90 Å². The Hall–Kier alpha value is -1.35. The summed E-state index contributed by atoms with van der Waals surface area (Å²) in [5.41, 5.74) is 2.80. The Morgan fingerprint density at radius 1 is 1.20 bits per heavy atom. The summed E-state index contributed by atoms with van der Waals surface area (Å²) in [4.78, 5) is 14.4. The predicted molar refractivity (Wildman–Crippen MR) is 78.5 cm³/mol. The molecule has 1 unspecified atom stereocenters. The van der Waals surface area contributed by atoms with Crippen LogP contribution in [0.4, 0.5) is 0 Å². The van der Waals surface area contributed by atoms with Gasteiger partial charge in [0.2, 0.25) is 5.91 Å². The third-order valence-electron chi connectivity index (χ3n) is 4.90. The van der Waals surface area contributed by atoms with Crippen molar-refractivity contribution in [2.75, 3.05) is 19.7 Å². The van der Waals surface area contributed by atoms with Gasteiger partial charge in [0, 0.05) is 26.1 Å². The monoisotopic (exact) mass is 273 g/mol. The van der Waals surface area contributed by atoms with Gasteiger partial charge in [0.05, 0.1) is 0 Å². The molecule has 1 aliphatic carbocycles. The third-order valence-corrected chi connectivity index (χ3v) is 4.90. The second-order valence-corrected chi connectivity index (χ2v) is 6.15. The number of aliphatic hydroxyl groups excluding tert-OH is 1. The molecule has 0 bridgehead atoms. The standard InChI is InChI=1S/C17H23NO2/c19-12-13-7-9-18(10-8-13)17(20)11-15-6-5-14-3-1-2-4-16(14)15/h1-4,13,15,19H,5-12H2. The largest absolute Gasteiger partial charge is 0.396 e. The average Bonchev–Trinajstić information content (AvgIpc) is 2.91. The zero-order chi connectivity index (χ0) is 13.9. The van der Waals surface area contributed by atoms with E-state index in [1.54, 1.807) is 0 Å². The van der Waals surface area contributed by atoms with Gasteiger partial charge in [0.15, 0.2) is 0 Å². The predicted octanol–water partition coefficient (Wildman–Crippen LogP) is 2.34. The van der Waals surface area contributed by atoms with Crippen molar-refractivity contribution in [2.24, 2.45) is 5.92 Å². The first-order valence-electron chi connectivity index (χ1n) is 7.74. The lowest BCUT2D eigenvalue weighted by molar-refractivity contribution is -0.133. The number of rotatable bonds is 3. The molecule has 0 radical (unpaired) electrons. The first kappa shape index (κ1) is 13.6. The number of carbonyl (C=O) groups excluding carboxylic acids is 1. The number of hydrogen-bond acceptors (Lipinski definition) is 2. The zero-order valence-electron chi connectivity index (χ0n) is 11.9. The van der Waals surface area contributed by atoms with Crippen LogP contribution in [0, 0.1) is 5.92 Å². The van der Waals surface area contributed by atoms with Gasteiger partial charge in [-0.05, 0) is 48.6 Å². The summed E-state index contributed by atoms with van der Waals surface area (Å²) >= 11 is 0. The van der Waals surface area contributed by atoms with E-state index in [0.29, 0.717) is 24.2 Å². The number of aryl methyl sites for hydroxylation is 1. The fourth-order valence-corrected chi connectivity index (χ4v) is 3.56. The number of piperidine rings is 1. The molecule has 1 saturated heterocycles. The van der Waals surface area contributed by atoms with Crippen LogP contribution in [0.1, 0.15) is 42.7 Å². The van der Waals surface area contributed by atoms with E-state index < -0.39 is 0 Å². The third kappa shape index (κ3) is 2.73. The lowest BCUT2D eigenvalue weighted by Crippen LogP contribution is -2.39. The molecule has 2 aliphatic rings. The van der Waals surface area contributed by atoms with E-state index >= 15 is 0 Å². The summed E-state index contributed by atoms with van der Waals surface area (Å²) in [7, 11) is 0. The highest BCUT2D eigenvalue weighted by atomic mass is 16.3. The highest BCUT2D eigenvalue weighted by Gasteiger charge is 2.28. The number of carbonyl (C=O) groups is 1. The van der Waals surface area contributed by atoms with E-state index in [0.717, 1.165) is 38.8 Å². The second-order valence-electron chi connectivity index (χ2n) is 6.15. The molecular weight excluding hydrogens is 250 g/mol. The molecule has 3 nitrogen and oxygen atoms in total. The van der Waals surface area contributed by atoms with Crippen molar-refractivity contribution < 1.29 is 9.90 Å². The van der Waals surface area contributed by atoms with E-state index in [2.05, 4.69) is 24.3 Å². The summed E-state index contributed by atoms with van der Waals surface area (Å²) in [6.45, 7) is 1.90. The van der Waals surface area contributed by atoms with Crippen LogP contribution in [0.3, 0.4) is 0 Å². The summed E-state index contributed by atoms with van der Waals surface area (Å²) in [5, 5.41) is 9.15. The Kier molecular flexibility index (Phi) is 4.06. The molecule has 3 rings (SSSR count). The minimum Gasteiger partial charge on any atom is -0.396 e. The van der Waals surface area contributed by atoms with E-state index in [1.165, 1.54) is 11.1 Å². The van der Waals surface area contributed by atoms with Gasteiger partial charge >= 0.3 is 0 Å². The van der Waals surface area contributed by atoms with Crippen LogP contribution in [0.25, 0.3) is 0 Å². The van der Waals surface area contributed by atoms with Gasteiger partial charge in [-0.3, -0.25) is 4.79 Å². The number of nitrogens with zero attached hydrogens (tertiary/aromatic N) is 1. The Bertz CT molecular complexity index is 478. The summed E-state index contributed by atoms with van der Waals surface area (Å²) < 4.78 is 0. The van der Waals surface area contributed by atoms with Crippen LogP contribution in [0.15, 0.2) is 24.3 Å². The molecule has 20 heavy (non-hydrogen) atoms. The van der Waals surface area contributed by atoms with Crippen LogP contribution in [-0.2, 0) is 11.2 Å². The summed E-state index contributed by atoms with van der Waals surface area (Å²) in [5.74, 6) is 1.10. The quantitative estimate of drug-likeness (QED) is 0.918. The van der Waals surface area contributed by atoms with Crippen LogP contribution in [0.5, 0.6) is 0 Å². The van der Waals surface area contributed by atoms with Gasteiger partial charge < -0.3 is 10.0 Å². The average molecular weight is 273 g/mol. The maximum absolute atomic E-state index is 12.4. The van der Waals surface area contributed by atoms with Crippen LogP contribution >= 0.6 is 0 Å². The van der Waals surface area contributed by atoms with Gasteiger partial charge in [-0.2, -0.15) is 0 Å². The van der Waals surface area contributed by atoms with Crippen LogP contribution in [-0.4, -0.2) is 35.6 Å². The SMILES string of the molecule is O=C(CC1CCc2ccccc21)N1CCC(CO)CC1. The molecule has 108 valence electrons. The van der Waals surface area contributed by atoms with Gasteiger partial charge in [-0.15, -0.1) is 0 Å².